The van der Waals surface area contributed by atoms with Crippen LogP contribution in [0, 0.1) is 0 Å². The highest BCUT2D eigenvalue weighted by Crippen LogP contribution is 2.43. The van der Waals surface area contributed by atoms with Crippen molar-refractivity contribution < 1.29 is 42.1 Å². The summed E-state index contributed by atoms with van der Waals surface area (Å²) in [5.41, 5.74) is 0. The van der Waals surface area contributed by atoms with Gasteiger partial charge in [0.05, 0.1) is 27.7 Å². The third-order valence-electron chi connectivity index (χ3n) is 14.6. The van der Waals surface area contributed by atoms with Gasteiger partial charge in [-0.1, -0.05) is 284 Å². The first-order valence-electron chi connectivity index (χ1n) is 34.0. The lowest BCUT2D eigenvalue weighted by Crippen LogP contribution is -2.37. The second-order valence-electron chi connectivity index (χ2n) is 23.8. The summed E-state index contributed by atoms with van der Waals surface area (Å²) in [6.45, 7) is 4.32. The molecule has 474 valence electrons. The van der Waals surface area contributed by atoms with Gasteiger partial charge in [-0.3, -0.25) is 18.6 Å². The van der Waals surface area contributed by atoms with E-state index in [0.29, 0.717) is 17.4 Å². The number of carbonyl (C=O) groups is 2. The molecule has 0 amide bonds. The molecule has 2 unspecified atom stereocenters. The summed E-state index contributed by atoms with van der Waals surface area (Å²) in [5.74, 6) is -0.794. The molecule has 0 radical (unpaired) electrons. The first-order valence-corrected chi connectivity index (χ1v) is 35.5. The standard InChI is InChI=1S/C72H128NO8P/c1-6-8-10-12-14-16-18-20-22-24-26-27-28-29-30-31-32-33-34-35-36-37-38-39-40-41-42-43-44-45-47-49-51-53-55-57-59-61-63-65-72(75)81-70(69-80-82(76,77)79-67-66-73(3,4)5)68-78-71(74)64-62-60-58-56-54-52-50-48-46-25-23-21-19-17-15-13-11-9-7-2/h8,10,14-17,20-23,26-27,29-30,32-33,70H,6-7,9,11-13,18-19,24-25,28,31,34-69H2,1-5H3/p+1/b10-8-,16-14-,17-15-,22-20-,23-21-,27-26-,30-29-,33-32-. The minimum Gasteiger partial charge on any atom is -0.462 e. The van der Waals surface area contributed by atoms with Crippen LogP contribution in [0.15, 0.2) is 97.2 Å². The van der Waals surface area contributed by atoms with Crippen LogP contribution in [-0.4, -0.2) is 74.9 Å². The Hall–Kier alpha value is -3.07. The summed E-state index contributed by atoms with van der Waals surface area (Å²) in [6, 6.07) is 0. The zero-order valence-corrected chi connectivity index (χ0v) is 54.8. The SMILES string of the molecule is CC/C=C\C/C=C\C/C=C\C/C=C\C/C=C\C/C=C\CCCCCCCCCCCCCCCCCCCCCCC(=O)OC(COC(=O)CCCCCCCCCCC/C=C\C/C=C\CCCCC)COP(=O)(O)OCC[N+](C)(C)C. The number of nitrogens with zero attached hydrogens (tertiary/aromatic N) is 1. The molecule has 0 saturated heterocycles. The fraction of sp³-hybridized carbons (Fsp3) is 0.750. The molecule has 0 saturated carbocycles. The molecule has 0 aromatic rings. The molecule has 0 aromatic carbocycles. The van der Waals surface area contributed by atoms with Crippen molar-refractivity contribution in [2.75, 3.05) is 47.5 Å². The predicted molar refractivity (Wildman–Crippen MR) is 353 cm³/mol. The highest BCUT2D eigenvalue weighted by Gasteiger charge is 2.27. The van der Waals surface area contributed by atoms with E-state index in [0.717, 1.165) is 77.0 Å². The van der Waals surface area contributed by atoms with Crippen LogP contribution in [-0.2, 0) is 32.7 Å². The van der Waals surface area contributed by atoms with Gasteiger partial charge >= 0.3 is 19.8 Å². The molecule has 0 aromatic heterocycles. The molecule has 1 N–H and O–H groups in total. The quantitative estimate of drug-likeness (QED) is 0.0211. The topological polar surface area (TPSA) is 108 Å². The number of esters is 2. The van der Waals surface area contributed by atoms with Gasteiger partial charge in [-0.2, -0.15) is 0 Å². The zero-order valence-electron chi connectivity index (χ0n) is 54.0. The third kappa shape index (κ3) is 66.1. The van der Waals surface area contributed by atoms with E-state index >= 15 is 0 Å². The second kappa shape index (κ2) is 62.5. The number of carbonyl (C=O) groups excluding carboxylic acids is 2. The molecule has 0 rings (SSSR count). The Morgan fingerprint density at radius 3 is 1.04 bits per heavy atom. The lowest BCUT2D eigenvalue weighted by Gasteiger charge is -2.24. The van der Waals surface area contributed by atoms with Gasteiger partial charge in [-0.25, -0.2) is 4.57 Å². The lowest BCUT2D eigenvalue weighted by atomic mass is 10.0. The van der Waals surface area contributed by atoms with Crippen LogP contribution in [0.2, 0.25) is 0 Å². The van der Waals surface area contributed by atoms with E-state index in [4.69, 9.17) is 18.5 Å². The number of quaternary nitrogens is 1. The van der Waals surface area contributed by atoms with Crippen molar-refractivity contribution >= 4 is 19.8 Å². The highest BCUT2D eigenvalue weighted by atomic mass is 31.2. The van der Waals surface area contributed by atoms with Crippen molar-refractivity contribution in [2.24, 2.45) is 0 Å². The minimum absolute atomic E-state index is 0.0297. The zero-order chi connectivity index (χ0) is 59.8. The molecule has 10 heteroatoms. The van der Waals surface area contributed by atoms with E-state index in [9.17, 15) is 19.0 Å². The summed E-state index contributed by atoms with van der Waals surface area (Å²) in [6.07, 6.45) is 86.5. The second-order valence-corrected chi connectivity index (χ2v) is 25.3. The van der Waals surface area contributed by atoms with E-state index in [1.165, 1.54) is 186 Å². The van der Waals surface area contributed by atoms with Crippen LogP contribution in [0.25, 0.3) is 0 Å². The number of hydrogen-bond donors (Lipinski definition) is 1. The van der Waals surface area contributed by atoms with Crippen LogP contribution < -0.4 is 0 Å². The van der Waals surface area contributed by atoms with Gasteiger partial charge < -0.3 is 18.9 Å². The minimum atomic E-state index is -4.39. The van der Waals surface area contributed by atoms with Crippen LogP contribution in [0.1, 0.15) is 296 Å². The van der Waals surface area contributed by atoms with Gasteiger partial charge in [0, 0.05) is 12.8 Å². The number of phosphoric ester groups is 1. The first-order chi connectivity index (χ1) is 40.0. The van der Waals surface area contributed by atoms with Crippen LogP contribution in [0.4, 0.5) is 0 Å². The fourth-order valence-electron chi connectivity index (χ4n) is 9.40. The van der Waals surface area contributed by atoms with Crippen molar-refractivity contribution in [3.8, 4) is 0 Å². The van der Waals surface area contributed by atoms with E-state index in [2.05, 4.69) is 111 Å². The molecule has 82 heavy (non-hydrogen) atoms. The van der Waals surface area contributed by atoms with Gasteiger partial charge in [0.15, 0.2) is 6.10 Å². The number of likely N-dealkylation sites (N-methyl/N-ethyl adjacent to an activating group) is 1. The molecule has 0 heterocycles. The van der Waals surface area contributed by atoms with Crippen molar-refractivity contribution in [3.63, 3.8) is 0 Å². The average molecular weight is 1170 g/mol. The molecule has 0 aliphatic rings. The predicted octanol–water partition coefficient (Wildman–Crippen LogP) is 21.9. The molecule has 9 nitrogen and oxygen atoms in total. The normalized spacial score (nSPS) is 13.8. The number of rotatable bonds is 62. The number of ether oxygens (including phenoxy) is 2. The van der Waals surface area contributed by atoms with Crippen LogP contribution in [0.5, 0.6) is 0 Å². The lowest BCUT2D eigenvalue weighted by molar-refractivity contribution is -0.870. The maximum absolute atomic E-state index is 12.9. The number of allylic oxidation sites excluding steroid dienone is 16. The summed E-state index contributed by atoms with van der Waals surface area (Å²) in [4.78, 5) is 35.8. The van der Waals surface area contributed by atoms with E-state index in [1.54, 1.807) is 0 Å². The Bertz CT molecular complexity index is 1710. The molecule has 0 aliphatic heterocycles. The number of unbranched alkanes of at least 4 members (excludes halogenated alkanes) is 32. The van der Waals surface area contributed by atoms with Crippen molar-refractivity contribution in [2.45, 2.75) is 302 Å². The van der Waals surface area contributed by atoms with Crippen molar-refractivity contribution in [3.05, 3.63) is 97.2 Å². The fourth-order valence-corrected chi connectivity index (χ4v) is 10.1. The largest absolute Gasteiger partial charge is 0.472 e. The maximum atomic E-state index is 12.9. The summed E-state index contributed by atoms with van der Waals surface area (Å²) in [7, 11) is 1.48. The number of phosphoric acid groups is 1. The van der Waals surface area contributed by atoms with Gasteiger partial charge in [-0.15, -0.1) is 0 Å². The monoisotopic (exact) mass is 1170 g/mol. The van der Waals surface area contributed by atoms with Crippen molar-refractivity contribution in [1.29, 1.82) is 0 Å². The van der Waals surface area contributed by atoms with E-state index < -0.39 is 26.5 Å². The Labute approximate surface area is 506 Å². The highest BCUT2D eigenvalue weighted by molar-refractivity contribution is 7.47. The Morgan fingerprint density at radius 2 is 0.695 bits per heavy atom. The van der Waals surface area contributed by atoms with Gasteiger partial charge in [0.25, 0.3) is 0 Å². The summed E-state index contributed by atoms with van der Waals surface area (Å²) >= 11 is 0. The summed E-state index contributed by atoms with van der Waals surface area (Å²) < 4.78 is 34.7. The van der Waals surface area contributed by atoms with Gasteiger partial charge in [0.2, 0.25) is 0 Å². The van der Waals surface area contributed by atoms with E-state index in [1.807, 2.05) is 21.1 Å². The molecule has 0 bridgehead atoms. The third-order valence-corrected chi connectivity index (χ3v) is 15.6. The molecular weight excluding hydrogens is 1040 g/mol. The average Bonchev–Trinajstić information content (AvgIpc) is 3.46. The van der Waals surface area contributed by atoms with Gasteiger partial charge in [-0.05, 0) is 96.3 Å². The summed E-state index contributed by atoms with van der Waals surface area (Å²) in [5, 5.41) is 0. The first kappa shape index (κ1) is 78.9. The molecule has 0 aliphatic carbocycles. The molecule has 0 spiro atoms. The molecular formula is C72H129NO8P+. The molecule has 0 fully saturated rings. The van der Waals surface area contributed by atoms with Crippen LogP contribution in [0.3, 0.4) is 0 Å². The van der Waals surface area contributed by atoms with Gasteiger partial charge in [0.1, 0.15) is 19.8 Å². The number of hydrogen-bond acceptors (Lipinski definition) is 7. The van der Waals surface area contributed by atoms with Crippen LogP contribution >= 0.6 is 7.82 Å². The smallest absolute Gasteiger partial charge is 0.462 e. The maximum Gasteiger partial charge on any atom is 0.472 e. The Kier molecular flexibility index (Phi) is 60.1. The molecule has 2 atom stereocenters. The van der Waals surface area contributed by atoms with Crippen molar-refractivity contribution in [1.82, 2.24) is 0 Å². The van der Waals surface area contributed by atoms with E-state index in [-0.39, 0.29) is 32.0 Å². The Morgan fingerprint density at radius 1 is 0.390 bits per heavy atom. The Balaban J connectivity index is 3.98.